The van der Waals surface area contributed by atoms with Gasteiger partial charge in [-0.3, -0.25) is 4.79 Å². The molecule has 1 amide bonds. The van der Waals surface area contributed by atoms with Crippen LogP contribution in [0.1, 0.15) is 50.6 Å². The lowest BCUT2D eigenvalue weighted by molar-refractivity contribution is -0.123. The Hall–Kier alpha value is -1.38. The van der Waals surface area contributed by atoms with Crippen LogP contribution in [0.2, 0.25) is 0 Å². The maximum atomic E-state index is 12.9. The molecule has 20 heavy (non-hydrogen) atoms. The van der Waals surface area contributed by atoms with Crippen molar-refractivity contribution in [3.05, 3.63) is 35.6 Å². The molecule has 4 unspecified atom stereocenters. The normalized spacial score (nSPS) is 29.4. The summed E-state index contributed by atoms with van der Waals surface area (Å²) < 4.78 is 12.9. The van der Waals surface area contributed by atoms with Crippen LogP contribution in [0.5, 0.6) is 0 Å². The number of fused-ring (bicyclic) bond motifs is 2. The van der Waals surface area contributed by atoms with E-state index in [1.807, 2.05) is 6.92 Å². The monoisotopic (exact) mass is 275 g/mol. The quantitative estimate of drug-likeness (QED) is 0.889. The van der Waals surface area contributed by atoms with E-state index in [1.54, 1.807) is 12.1 Å². The molecule has 2 bridgehead atoms. The van der Waals surface area contributed by atoms with E-state index in [1.165, 1.54) is 37.8 Å². The molecule has 0 saturated heterocycles. The molecule has 0 spiro atoms. The van der Waals surface area contributed by atoms with Crippen LogP contribution in [-0.4, -0.2) is 5.91 Å². The molecule has 0 aliphatic heterocycles. The highest BCUT2D eigenvalue weighted by atomic mass is 19.1. The van der Waals surface area contributed by atoms with Gasteiger partial charge in [0.2, 0.25) is 5.91 Å². The number of carbonyl (C=O) groups is 1. The van der Waals surface area contributed by atoms with Crippen molar-refractivity contribution in [1.82, 2.24) is 5.32 Å². The van der Waals surface area contributed by atoms with Gasteiger partial charge in [0.1, 0.15) is 5.82 Å². The third-order valence-corrected chi connectivity index (χ3v) is 5.08. The topological polar surface area (TPSA) is 29.1 Å². The van der Waals surface area contributed by atoms with Gasteiger partial charge in [-0.1, -0.05) is 18.6 Å². The molecule has 2 aliphatic rings. The summed E-state index contributed by atoms with van der Waals surface area (Å²) in [5, 5.41) is 3.04. The molecule has 0 heterocycles. The minimum absolute atomic E-state index is 0.0540. The molecule has 4 atom stereocenters. The van der Waals surface area contributed by atoms with Crippen LogP contribution < -0.4 is 5.32 Å². The number of carbonyl (C=O) groups excluding carboxylic acids is 1. The zero-order valence-corrected chi connectivity index (χ0v) is 11.9. The fraction of sp³-hybridized carbons (Fsp3) is 0.588. The van der Waals surface area contributed by atoms with Gasteiger partial charge in [0.15, 0.2) is 0 Å². The predicted octanol–water partition coefficient (Wildman–Crippen LogP) is 3.83. The number of hydrogen-bond acceptors (Lipinski definition) is 1. The molecule has 1 aromatic rings. The average molecular weight is 275 g/mol. The van der Waals surface area contributed by atoms with Crippen LogP contribution in [0.25, 0.3) is 0 Å². The Morgan fingerprint density at radius 2 is 2.05 bits per heavy atom. The Labute approximate surface area is 119 Å². The third kappa shape index (κ3) is 2.87. The molecule has 3 heteroatoms. The van der Waals surface area contributed by atoms with Crippen LogP contribution in [0.4, 0.5) is 4.39 Å². The Balaban J connectivity index is 1.52. The maximum Gasteiger partial charge on any atom is 0.220 e. The fourth-order valence-electron chi connectivity index (χ4n) is 4.00. The second kappa shape index (κ2) is 5.55. The van der Waals surface area contributed by atoms with Crippen molar-refractivity contribution in [2.24, 2.45) is 17.8 Å². The summed E-state index contributed by atoms with van der Waals surface area (Å²) in [7, 11) is 0. The molecule has 2 nitrogen and oxygen atoms in total. The van der Waals surface area contributed by atoms with Crippen molar-refractivity contribution in [2.45, 2.75) is 45.1 Å². The van der Waals surface area contributed by atoms with Gasteiger partial charge in [-0.2, -0.15) is 0 Å². The lowest BCUT2D eigenvalue weighted by atomic mass is 9.86. The number of rotatable bonds is 4. The Bertz CT molecular complexity index is 484. The molecule has 1 N–H and O–H groups in total. The maximum absolute atomic E-state index is 12.9. The Morgan fingerprint density at radius 3 is 2.65 bits per heavy atom. The number of halogens is 1. The number of hydrogen-bond donors (Lipinski definition) is 1. The lowest BCUT2D eigenvalue weighted by Gasteiger charge is -2.22. The molecular weight excluding hydrogens is 253 g/mol. The SMILES string of the molecule is CC(NC(=O)CC1CC2CCC1C2)c1ccc(F)cc1. The van der Waals surface area contributed by atoms with E-state index in [0.717, 1.165) is 17.4 Å². The summed E-state index contributed by atoms with van der Waals surface area (Å²) in [6, 6.07) is 6.29. The number of nitrogens with one attached hydrogen (secondary N) is 1. The van der Waals surface area contributed by atoms with Gasteiger partial charge in [0.25, 0.3) is 0 Å². The highest BCUT2D eigenvalue weighted by molar-refractivity contribution is 5.76. The van der Waals surface area contributed by atoms with E-state index in [9.17, 15) is 9.18 Å². The van der Waals surface area contributed by atoms with E-state index in [4.69, 9.17) is 0 Å². The van der Waals surface area contributed by atoms with Crippen molar-refractivity contribution >= 4 is 5.91 Å². The van der Waals surface area contributed by atoms with Crippen LogP contribution in [0.15, 0.2) is 24.3 Å². The molecule has 108 valence electrons. The first-order valence-electron chi connectivity index (χ1n) is 7.66. The van der Waals surface area contributed by atoms with Crippen molar-refractivity contribution in [3.8, 4) is 0 Å². The Morgan fingerprint density at radius 1 is 1.30 bits per heavy atom. The Kier molecular flexibility index (Phi) is 3.77. The van der Waals surface area contributed by atoms with E-state index < -0.39 is 0 Å². The van der Waals surface area contributed by atoms with Gasteiger partial charge in [-0.05, 0) is 61.6 Å². The molecule has 0 aromatic heterocycles. The zero-order valence-electron chi connectivity index (χ0n) is 11.9. The van der Waals surface area contributed by atoms with Crippen LogP contribution in [-0.2, 0) is 4.79 Å². The third-order valence-electron chi connectivity index (χ3n) is 5.08. The summed E-state index contributed by atoms with van der Waals surface area (Å²) in [4.78, 5) is 12.1. The van der Waals surface area contributed by atoms with Gasteiger partial charge >= 0.3 is 0 Å². The van der Waals surface area contributed by atoms with Crippen LogP contribution >= 0.6 is 0 Å². The van der Waals surface area contributed by atoms with Crippen molar-refractivity contribution < 1.29 is 9.18 Å². The van der Waals surface area contributed by atoms with Crippen molar-refractivity contribution in [1.29, 1.82) is 0 Å². The molecule has 3 rings (SSSR count). The molecule has 1 aromatic carbocycles. The standard InChI is InChI=1S/C17H22FNO/c1-11(13-4-6-16(18)7-5-13)19-17(20)10-15-9-12-2-3-14(15)8-12/h4-7,11-12,14-15H,2-3,8-10H2,1H3,(H,19,20). The number of amides is 1. The highest BCUT2D eigenvalue weighted by Crippen LogP contribution is 2.49. The lowest BCUT2D eigenvalue weighted by Crippen LogP contribution is -2.29. The summed E-state index contributed by atoms with van der Waals surface area (Å²) in [5.74, 6) is 2.15. The molecule has 2 aliphatic carbocycles. The van der Waals surface area contributed by atoms with Crippen LogP contribution in [0, 0.1) is 23.6 Å². The average Bonchev–Trinajstić information content (AvgIpc) is 3.01. The van der Waals surface area contributed by atoms with E-state index in [0.29, 0.717) is 12.3 Å². The minimum atomic E-state index is -0.241. The van der Waals surface area contributed by atoms with E-state index >= 15 is 0 Å². The highest BCUT2D eigenvalue weighted by Gasteiger charge is 2.40. The van der Waals surface area contributed by atoms with E-state index in [-0.39, 0.29) is 17.8 Å². The summed E-state index contributed by atoms with van der Waals surface area (Å²) in [5.41, 5.74) is 0.952. The predicted molar refractivity (Wildman–Crippen MR) is 76.5 cm³/mol. The first-order chi connectivity index (χ1) is 9.61. The number of benzene rings is 1. The fourth-order valence-corrected chi connectivity index (χ4v) is 4.00. The van der Waals surface area contributed by atoms with Gasteiger partial charge in [-0.25, -0.2) is 4.39 Å². The summed E-state index contributed by atoms with van der Waals surface area (Å²) in [6.45, 7) is 1.95. The zero-order chi connectivity index (χ0) is 14.1. The largest absolute Gasteiger partial charge is 0.350 e. The van der Waals surface area contributed by atoms with Crippen molar-refractivity contribution in [3.63, 3.8) is 0 Å². The summed E-state index contributed by atoms with van der Waals surface area (Å²) in [6.07, 6.45) is 5.92. The van der Waals surface area contributed by atoms with Crippen molar-refractivity contribution in [2.75, 3.05) is 0 Å². The van der Waals surface area contributed by atoms with Gasteiger partial charge in [0, 0.05) is 6.42 Å². The summed E-state index contributed by atoms with van der Waals surface area (Å²) >= 11 is 0. The first kappa shape index (κ1) is 13.6. The first-order valence-corrected chi connectivity index (χ1v) is 7.66. The van der Waals surface area contributed by atoms with Gasteiger partial charge in [0.05, 0.1) is 6.04 Å². The molecular formula is C17H22FNO. The second-order valence-electron chi connectivity index (χ2n) is 6.48. The molecule has 2 saturated carbocycles. The smallest absolute Gasteiger partial charge is 0.220 e. The molecule has 2 fully saturated rings. The van der Waals surface area contributed by atoms with Crippen LogP contribution in [0.3, 0.4) is 0 Å². The second-order valence-corrected chi connectivity index (χ2v) is 6.48. The molecule has 0 radical (unpaired) electrons. The van der Waals surface area contributed by atoms with Gasteiger partial charge in [-0.15, -0.1) is 0 Å². The van der Waals surface area contributed by atoms with Gasteiger partial charge < -0.3 is 5.32 Å². The minimum Gasteiger partial charge on any atom is -0.350 e. The van der Waals surface area contributed by atoms with E-state index in [2.05, 4.69) is 5.32 Å².